The molecule has 1 rings (SSSR count). The Balaban J connectivity index is 2.19. The summed E-state index contributed by atoms with van der Waals surface area (Å²) >= 11 is 1.59. The van der Waals surface area contributed by atoms with E-state index < -0.39 is 0 Å². The summed E-state index contributed by atoms with van der Waals surface area (Å²) in [5.41, 5.74) is 0. The van der Waals surface area contributed by atoms with E-state index in [1.807, 2.05) is 13.2 Å². The summed E-state index contributed by atoms with van der Waals surface area (Å²) in [5, 5.41) is 15.7. The molecule has 0 spiro atoms. The molecule has 0 aromatic rings. The van der Waals surface area contributed by atoms with Crippen LogP contribution in [0.25, 0.3) is 0 Å². The third kappa shape index (κ3) is 5.59. The second-order valence-corrected chi connectivity index (χ2v) is 6.08. The van der Waals surface area contributed by atoms with Gasteiger partial charge in [-0.1, -0.05) is 6.42 Å². The fraction of sp³-hybridized carbons (Fsp3) is 0.923. The SMILES string of the molecule is CSC(CO)C(C)NC(=O)CCC1CCCCN1. The van der Waals surface area contributed by atoms with E-state index in [-0.39, 0.29) is 23.8 Å². The van der Waals surface area contributed by atoms with Crippen LogP contribution in [0.3, 0.4) is 0 Å². The first-order chi connectivity index (χ1) is 8.67. The molecule has 0 aromatic carbocycles. The fourth-order valence-electron chi connectivity index (χ4n) is 2.33. The molecule has 1 fully saturated rings. The van der Waals surface area contributed by atoms with Crippen molar-refractivity contribution in [1.82, 2.24) is 10.6 Å². The molecule has 106 valence electrons. The van der Waals surface area contributed by atoms with Crippen molar-refractivity contribution in [3.05, 3.63) is 0 Å². The Labute approximate surface area is 114 Å². The molecule has 3 atom stereocenters. The third-order valence-corrected chi connectivity index (χ3v) is 4.72. The van der Waals surface area contributed by atoms with Crippen molar-refractivity contribution in [3.8, 4) is 0 Å². The van der Waals surface area contributed by atoms with Crippen LogP contribution in [0.5, 0.6) is 0 Å². The summed E-state index contributed by atoms with van der Waals surface area (Å²) in [6.07, 6.45) is 7.17. The average molecular weight is 274 g/mol. The van der Waals surface area contributed by atoms with Crippen LogP contribution in [-0.4, -0.2) is 47.8 Å². The molecule has 1 saturated heterocycles. The molecule has 4 nitrogen and oxygen atoms in total. The van der Waals surface area contributed by atoms with Gasteiger partial charge in [-0.2, -0.15) is 11.8 Å². The van der Waals surface area contributed by atoms with Crippen molar-refractivity contribution in [2.45, 2.75) is 56.4 Å². The molecule has 1 aliphatic heterocycles. The van der Waals surface area contributed by atoms with Crippen molar-refractivity contribution in [1.29, 1.82) is 0 Å². The maximum atomic E-state index is 11.8. The lowest BCUT2D eigenvalue weighted by atomic mass is 10.0. The molecule has 0 radical (unpaired) electrons. The number of hydrogen-bond donors (Lipinski definition) is 3. The fourth-order valence-corrected chi connectivity index (χ4v) is 2.96. The van der Waals surface area contributed by atoms with Crippen molar-refractivity contribution < 1.29 is 9.90 Å². The molecule has 3 N–H and O–H groups in total. The van der Waals surface area contributed by atoms with Gasteiger partial charge in [0.25, 0.3) is 0 Å². The molecule has 3 unspecified atom stereocenters. The lowest BCUT2D eigenvalue weighted by Crippen LogP contribution is -2.42. The number of rotatable bonds is 7. The first-order valence-electron chi connectivity index (χ1n) is 6.83. The van der Waals surface area contributed by atoms with Crippen molar-refractivity contribution in [3.63, 3.8) is 0 Å². The van der Waals surface area contributed by atoms with Crippen LogP contribution < -0.4 is 10.6 Å². The zero-order valence-corrected chi connectivity index (χ0v) is 12.3. The lowest BCUT2D eigenvalue weighted by molar-refractivity contribution is -0.121. The summed E-state index contributed by atoms with van der Waals surface area (Å²) in [7, 11) is 0. The van der Waals surface area contributed by atoms with E-state index in [1.165, 1.54) is 19.3 Å². The van der Waals surface area contributed by atoms with E-state index in [0.29, 0.717) is 12.5 Å². The van der Waals surface area contributed by atoms with Gasteiger partial charge in [-0.3, -0.25) is 4.79 Å². The van der Waals surface area contributed by atoms with E-state index >= 15 is 0 Å². The summed E-state index contributed by atoms with van der Waals surface area (Å²) in [5.74, 6) is 0.0994. The van der Waals surface area contributed by atoms with E-state index in [0.717, 1.165) is 13.0 Å². The minimum atomic E-state index is 0.0248. The summed E-state index contributed by atoms with van der Waals surface area (Å²) in [6, 6.07) is 0.533. The first-order valence-corrected chi connectivity index (χ1v) is 8.12. The van der Waals surface area contributed by atoms with Crippen LogP contribution in [0.2, 0.25) is 0 Å². The Bertz CT molecular complexity index is 241. The second-order valence-electron chi connectivity index (χ2n) is 5.00. The molecule has 0 bridgehead atoms. The largest absolute Gasteiger partial charge is 0.395 e. The molecule has 0 aromatic heterocycles. The van der Waals surface area contributed by atoms with Crippen LogP contribution in [0, 0.1) is 0 Å². The predicted molar refractivity (Wildman–Crippen MR) is 76.9 cm³/mol. The molecule has 1 amide bonds. The van der Waals surface area contributed by atoms with Crippen LogP contribution in [0.15, 0.2) is 0 Å². The van der Waals surface area contributed by atoms with Crippen LogP contribution in [-0.2, 0) is 4.79 Å². The van der Waals surface area contributed by atoms with Crippen LogP contribution in [0.4, 0.5) is 0 Å². The Kier molecular flexibility index (Phi) is 7.70. The van der Waals surface area contributed by atoms with Gasteiger partial charge in [-0.15, -0.1) is 0 Å². The molecule has 1 aliphatic rings. The normalized spacial score (nSPS) is 23.4. The quantitative estimate of drug-likeness (QED) is 0.651. The Hall–Kier alpha value is -0.260. The number of aliphatic hydroxyl groups is 1. The van der Waals surface area contributed by atoms with E-state index in [1.54, 1.807) is 11.8 Å². The minimum Gasteiger partial charge on any atom is -0.395 e. The standard InChI is InChI=1S/C13H26N2O2S/c1-10(12(9-16)18-2)15-13(17)7-6-11-5-3-4-8-14-11/h10-12,14,16H,3-9H2,1-2H3,(H,15,17). The Morgan fingerprint density at radius 3 is 2.89 bits per heavy atom. The second kappa shape index (κ2) is 8.77. The van der Waals surface area contributed by atoms with Crippen molar-refractivity contribution in [2.24, 2.45) is 0 Å². The summed E-state index contributed by atoms with van der Waals surface area (Å²) in [4.78, 5) is 11.8. The van der Waals surface area contributed by atoms with E-state index in [4.69, 9.17) is 5.11 Å². The van der Waals surface area contributed by atoms with Gasteiger partial charge < -0.3 is 15.7 Å². The number of hydrogen-bond acceptors (Lipinski definition) is 4. The number of piperidine rings is 1. The monoisotopic (exact) mass is 274 g/mol. The third-order valence-electron chi connectivity index (χ3n) is 3.56. The number of aliphatic hydroxyl groups excluding tert-OH is 1. The van der Waals surface area contributed by atoms with Gasteiger partial charge in [-0.05, 0) is 39.0 Å². The minimum absolute atomic E-state index is 0.0248. The van der Waals surface area contributed by atoms with E-state index in [9.17, 15) is 4.79 Å². The molecule has 18 heavy (non-hydrogen) atoms. The van der Waals surface area contributed by atoms with Crippen molar-refractivity contribution >= 4 is 17.7 Å². The Morgan fingerprint density at radius 1 is 1.56 bits per heavy atom. The number of carbonyl (C=O) groups is 1. The molecule has 5 heteroatoms. The average Bonchev–Trinajstić information content (AvgIpc) is 2.39. The number of amides is 1. The van der Waals surface area contributed by atoms with Gasteiger partial charge in [0, 0.05) is 23.8 Å². The molecule has 0 saturated carbocycles. The molecular formula is C13H26N2O2S. The maximum absolute atomic E-state index is 11.8. The highest BCUT2D eigenvalue weighted by Crippen LogP contribution is 2.13. The topological polar surface area (TPSA) is 61.4 Å². The zero-order valence-electron chi connectivity index (χ0n) is 11.4. The van der Waals surface area contributed by atoms with Crippen LogP contribution >= 0.6 is 11.8 Å². The van der Waals surface area contributed by atoms with Gasteiger partial charge in [0.2, 0.25) is 5.91 Å². The molecule has 1 heterocycles. The number of carbonyl (C=O) groups excluding carboxylic acids is 1. The lowest BCUT2D eigenvalue weighted by Gasteiger charge is -2.24. The molecular weight excluding hydrogens is 248 g/mol. The first kappa shape index (κ1) is 15.8. The van der Waals surface area contributed by atoms with Crippen LogP contribution in [0.1, 0.15) is 39.0 Å². The van der Waals surface area contributed by atoms with Crippen molar-refractivity contribution in [2.75, 3.05) is 19.4 Å². The number of nitrogens with one attached hydrogen (secondary N) is 2. The highest BCUT2D eigenvalue weighted by Gasteiger charge is 2.18. The van der Waals surface area contributed by atoms with Gasteiger partial charge in [0.1, 0.15) is 0 Å². The highest BCUT2D eigenvalue weighted by molar-refractivity contribution is 7.99. The van der Waals surface area contributed by atoms with Gasteiger partial charge in [0.05, 0.1) is 6.61 Å². The van der Waals surface area contributed by atoms with Gasteiger partial charge in [-0.25, -0.2) is 0 Å². The molecule has 0 aliphatic carbocycles. The van der Waals surface area contributed by atoms with E-state index in [2.05, 4.69) is 10.6 Å². The smallest absolute Gasteiger partial charge is 0.220 e. The summed E-state index contributed by atoms with van der Waals surface area (Å²) in [6.45, 7) is 3.14. The maximum Gasteiger partial charge on any atom is 0.220 e. The highest BCUT2D eigenvalue weighted by atomic mass is 32.2. The van der Waals surface area contributed by atoms with Gasteiger partial charge in [0.15, 0.2) is 0 Å². The Morgan fingerprint density at radius 2 is 2.33 bits per heavy atom. The summed E-state index contributed by atoms with van der Waals surface area (Å²) < 4.78 is 0. The van der Waals surface area contributed by atoms with Gasteiger partial charge >= 0.3 is 0 Å². The number of thioether (sulfide) groups is 1. The predicted octanol–water partition coefficient (Wildman–Crippen LogP) is 1.14. The zero-order chi connectivity index (χ0) is 13.4.